The molecule has 2 aromatic heterocycles. The van der Waals surface area contributed by atoms with E-state index >= 15 is 0 Å². The van der Waals surface area contributed by atoms with Crippen molar-refractivity contribution in [3.8, 4) is 0 Å². The van der Waals surface area contributed by atoms with Crippen molar-refractivity contribution in [1.82, 2.24) is 14.8 Å². The van der Waals surface area contributed by atoms with E-state index in [-0.39, 0.29) is 5.56 Å². The largest absolute Gasteiger partial charge is 0.307 e. The number of pyridine rings is 1. The Bertz CT molecular complexity index is 480. The van der Waals surface area contributed by atoms with Crippen LogP contribution in [0, 0.1) is 6.92 Å². The lowest BCUT2D eigenvalue weighted by Crippen LogP contribution is -2.06. The van der Waals surface area contributed by atoms with Gasteiger partial charge >= 0.3 is 0 Å². The van der Waals surface area contributed by atoms with Crippen molar-refractivity contribution in [2.24, 2.45) is 7.05 Å². The van der Waals surface area contributed by atoms with Crippen molar-refractivity contribution in [3.63, 3.8) is 0 Å². The van der Waals surface area contributed by atoms with Crippen LogP contribution in [0.5, 0.6) is 0 Å². The number of aryl methyl sites for hydroxylation is 2. The fourth-order valence-electron chi connectivity index (χ4n) is 1.30. The smallest absolute Gasteiger partial charge is 0.249 e. The maximum absolute atomic E-state index is 11.1. The van der Waals surface area contributed by atoms with Crippen LogP contribution in [-0.2, 0) is 7.05 Å². The van der Waals surface area contributed by atoms with Crippen LogP contribution >= 0.6 is 0 Å². The molecule has 2 rings (SSSR count). The van der Waals surface area contributed by atoms with Gasteiger partial charge in [0.25, 0.3) is 0 Å². The molecule has 12 heavy (non-hydrogen) atoms. The van der Waals surface area contributed by atoms with Gasteiger partial charge in [0, 0.05) is 18.5 Å². The fraction of sp³-hybridized carbons (Fsp3) is 0.250. The van der Waals surface area contributed by atoms with Gasteiger partial charge in [-0.1, -0.05) is 0 Å². The summed E-state index contributed by atoms with van der Waals surface area (Å²) in [4.78, 5) is 13.8. The zero-order chi connectivity index (χ0) is 8.72. The van der Waals surface area contributed by atoms with Crippen LogP contribution in [0.1, 0.15) is 5.56 Å². The molecule has 0 amide bonds. The first kappa shape index (κ1) is 7.09. The molecule has 2 aromatic rings. The highest BCUT2D eigenvalue weighted by Crippen LogP contribution is 2.11. The van der Waals surface area contributed by atoms with Crippen molar-refractivity contribution < 1.29 is 0 Å². The molecule has 4 heteroatoms. The van der Waals surface area contributed by atoms with Gasteiger partial charge in [0.1, 0.15) is 5.65 Å². The number of aromatic amines is 1. The van der Waals surface area contributed by atoms with Gasteiger partial charge in [-0.15, -0.1) is 0 Å². The molecule has 0 fully saturated rings. The van der Waals surface area contributed by atoms with Gasteiger partial charge in [0.15, 0.2) is 0 Å². The van der Waals surface area contributed by atoms with E-state index in [4.69, 9.17) is 0 Å². The molecule has 2 heterocycles. The number of fused-ring (bicyclic) bond motifs is 1. The normalized spacial score (nSPS) is 10.8. The molecule has 62 valence electrons. The number of hydrogen-bond acceptors (Lipinski definition) is 2. The predicted octanol–water partition coefficient (Wildman–Crippen LogP) is 0.570. The Labute approximate surface area is 68.8 Å². The summed E-state index contributed by atoms with van der Waals surface area (Å²) >= 11 is 0. The van der Waals surface area contributed by atoms with Crippen molar-refractivity contribution in [3.05, 3.63) is 28.2 Å². The molecule has 0 saturated heterocycles. The van der Waals surface area contributed by atoms with E-state index in [1.165, 1.54) is 0 Å². The molecule has 0 unspecified atom stereocenters. The van der Waals surface area contributed by atoms with Crippen LogP contribution in [0.2, 0.25) is 0 Å². The van der Waals surface area contributed by atoms with Crippen LogP contribution < -0.4 is 5.56 Å². The SMILES string of the molecule is Cc1cc(=O)[nH]c2c1cnn2C. The maximum atomic E-state index is 11.1. The van der Waals surface area contributed by atoms with Gasteiger partial charge in [-0.05, 0) is 12.5 Å². The van der Waals surface area contributed by atoms with E-state index in [1.54, 1.807) is 24.0 Å². The average molecular weight is 163 g/mol. The van der Waals surface area contributed by atoms with Crippen molar-refractivity contribution in [2.75, 3.05) is 0 Å². The first-order valence-electron chi connectivity index (χ1n) is 3.70. The zero-order valence-corrected chi connectivity index (χ0v) is 6.96. The lowest BCUT2D eigenvalue weighted by Gasteiger charge is -1.95. The third-order valence-electron chi connectivity index (χ3n) is 1.95. The molecule has 0 radical (unpaired) electrons. The van der Waals surface area contributed by atoms with Crippen molar-refractivity contribution in [2.45, 2.75) is 6.92 Å². The minimum Gasteiger partial charge on any atom is -0.307 e. The van der Waals surface area contributed by atoms with Crippen LogP contribution in [0.25, 0.3) is 11.0 Å². The molecule has 0 bridgehead atoms. The third-order valence-corrected chi connectivity index (χ3v) is 1.95. The van der Waals surface area contributed by atoms with Crippen LogP contribution in [-0.4, -0.2) is 14.8 Å². The number of hydrogen-bond donors (Lipinski definition) is 1. The van der Waals surface area contributed by atoms with Crippen LogP contribution in [0.3, 0.4) is 0 Å². The minimum absolute atomic E-state index is 0.0800. The molecule has 0 aliphatic heterocycles. The Kier molecular flexibility index (Phi) is 1.30. The number of nitrogens with one attached hydrogen (secondary N) is 1. The Morgan fingerprint density at radius 1 is 1.58 bits per heavy atom. The van der Waals surface area contributed by atoms with E-state index in [1.807, 2.05) is 6.92 Å². The monoisotopic (exact) mass is 163 g/mol. The van der Waals surface area contributed by atoms with Gasteiger partial charge in [-0.3, -0.25) is 9.48 Å². The number of nitrogens with zero attached hydrogens (tertiary/aromatic N) is 2. The summed E-state index contributed by atoms with van der Waals surface area (Å²) < 4.78 is 1.66. The summed E-state index contributed by atoms with van der Waals surface area (Å²) in [6, 6.07) is 1.57. The van der Waals surface area contributed by atoms with Crippen LogP contribution in [0.4, 0.5) is 0 Å². The number of H-pyrrole nitrogens is 1. The molecule has 0 atom stereocenters. The van der Waals surface area contributed by atoms with E-state index in [2.05, 4.69) is 10.1 Å². The summed E-state index contributed by atoms with van der Waals surface area (Å²) in [7, 11) is 1.80. The zero-order valence-electron chi connectivity index (χ0n) is 6.96. The van der Waals surface area contributed by atoms with Gasteiger partial charge in [0.2, 0.25) is 5.56 Å². The topological polar surface area (TPSA) is 50.7 Å². The van der Waals surface area contributed by atoms with Crippen molar-refractivity contribution in [1.29, 1.82) is 0 Å². The van der Waals surface area contributed by atoms with Gasteiger partial charge in [-0.25, -0.2) is 0 Å². The summed E-state index contributed by atoms with van der Waals surface area (Å²) in [5.74, 6) is 0. The van der Waals surface area contributed by atoms with Gasteiger partial charge < -0.3 is 4.98 Å². The molecular weight excluding hydrogens is 154 g/mol. The lowest BCUT2D eigenvalue weighted by atomic mass is 10.2. The minimum atomic E-state index is -0.0800. The highest BCUT2D eigenvalue weighted by Gasteiger charge is 2.02. The van der Waals surface area contributed by atoms with Crippen LogP contribution in [0.15, 0.2) is 17.1 Å². The molecular formula is C8H9N3O. The Morgan fingerprint density at radius 2 is 2.33 bits per heavy atom. The lowest BCUT2D eigenvalue weighted by molar-refractivity contribution is 0.785. The number of rotatable bonds is 0. The highest BCUT2D eigenvalue weighted by molar-refractivity contribution is 5.77. The van der Waals surface area contributed by atoms with E-state index in [9.17, 15) is 4.79 Å². The Balaban J connectivity index is 3.02. The molecule has 1 N–H and O–H groups in total. The average Bonchev–Trinajstić information content (AvgIpc) is 2.33. The highest BCUT2D eigenvalue weighted by atomic mass is 16.1. The Morgan fingerprint density at radius 3 is 3.08 bits per heavy atom. The first-order chi connectivity index (χ1) is 5.68. The molecule has 0 saturated carbocycles. The van der Waals surface area contributed by atoms with E-state index < -0.39 is 0 Å². The van der Waals surface area contributed by atoms with E-state index in [0.717, 1.165) is 16.6 Å². The summed E-state index contributed by atoms with van der Waals surface area (Å²) in [6.07, 6.45) is 1.75. The molecule has 0 aliphatic rings. The maximum Gasteiger partial charge on any atom is 0.249 e. The van der Waals surface area contributed by atoms with E-state index in [0.29, 0.717) is 0 Å². The second-order valence-electron chi connectivity index (χ2n) is 2.85. The summed E-state index contributed by atoms with van der Waals surface area (Å²) in [5.41, 5.74) is 1.66. The predicted molar refractivity (Wildman–Crippen MR) is 46.1 cm³/mol. The molecule has 0 spiro atoms. The molecule has 4 nitrogen and oxygen atoms in total. The molecule has 0 aliphatic carbocycles. The van der Waals surface area contributed by atoms with Gasteiger partial charge in [-0.2, -0.15) is 5.10 Å². The molecule has 0 aromatic carbocycles. The first-order valence-corrected chi connectivity index (χ1v) is 3.70. The Hall–Kier alpha value is -1.58. The summed E-state index contributed by atoms with van der Waals surface area (Å²) in [6.45, 7) is 1.90. The third kappa shape index (κ3) is 0.845. The van der Waals surface area contributed by atoms with Crippen molar-refractivity contribution >= 4 is 11.0 Å². The number of aromatic nitrogens is 3. The fourth-order valence-corrected chi connectivity index (χ4v) is 1.30. The standard InChI is InChI=1S/C8H9N3O/c1-5-3-7(12)10-8-6(5)4-9-11(8)2/h3-4H,1-2H3,(H,10,12). The second kappa shape index (κ2) is 2.20. The second-order valence-corrected chi connectivity index (χ2v) is 2.85. The summed E-state index contributed by atoms with van der Waals surface area (Å²) in [5, 5.41) is 5.04. The van der Waals surface area contributed by atoms with Gasteiger partial charge in [0.05, 0.1) is 6.20 Å². The quantitative estimate of drug-likeness (QED) is 0.617.